The number of amides is 1. The molecule has 2 heterocycles. The number of carbonyl (C=O) groups is 1. The van der Waals surface area contributed by atoms with Crippen LogP contribution in [0.1, 0.15) is 29.8 Å². The number of aromatic amines is 1. The molecule has 1 aromatic rings. The van der Waals surface area contributed by atoms with Gasteiger partial charge in [-0.15, -0.1) is 0 Å². The van der Waals surface area contributed by atoms with E-state index in [4.69, 9.17) is 5.11 Å². The molecule has 1 atom stereocenters. The molecule has 88 valence electrons. The smallest absolute Gasteiger partial charge is 0.270 e. The van der Waals surface area contributed by atoms with E-state index in [-0.39, 0.29) is 24.2 Å². The minimum absolute atomic E-state index is 0.0769. The third-order valence-corrected chi connectivity index (χ3v) is 2.98. The molecular weight excluding hydrogens is 211 g/mol. The van der Waals surface area contributed by atoms with Crippen LogP contribution < -0.4 is 0 Å². The zero-order valence-corrected chi connectivity index (χ0v) is 8.95. The Morgan fingerprint density at radius 2 is 2.50 bits per heavy atom. The number of H-pyrrole nitrogens is 1. The zero-order valence-electron chi connectivity index (χ0n) is 8.95. The van der Waals surface area contributed by atoms with Crippen molar-refractivity contribution >= 4 is 5.91 Å². The Balaban J connectivity index is 2.09. The highest BCUT2D eigenvalue weighted by molar-refractivity contribution is 5.92. The average molecular weight is 226 g/mol. The quantitative estimate of drug-likeness (QED) is 0.812. The fourth-order valence-corrected chi connectivity index (χ4v) is 2.20. The first-order chi connectivity index (χ1) is 7.72. The molecule has 1 saturated heterocycles. The number of hydrogen-bond donors (Lipinski definition) is 2. The number of aromatic nitrogens is 1. The van der Waals surface area contributed by atoms with E-state index < -0.39 is 5.82 Å². The van der Waals surface area contributed by atoms with Crippen molar-refractivity contribution in [3.8, 4) is 0 Å². The van der Waals surface area contributed by atoms with Gasteiger partial charge in [0.1, 0.15) is 11.5 Å². The summed E-state index contributed by atoms with van der Waals surface area (Å²) in [5, 5.41) is 8.90. The number of carbonyl (C=O) groups excluding carboxylic acids is 1. The van der Waals surface area contributed by atoms with Crippen LogP contribution in [0, 0.1) is 5.82 Å². The molecule has 0 spiro atoms. The molecule has 16 heavy (non-hydrogen) atoms. The van der Waals surface area contributed by atoms with Crippen molar-refractivity contribution in [3.63, 3.8) is 0 Å². The van der Waals surface area contributed by atoms with Gasteiger partial charge in [0.15, 0.2) is 0 Å². The number of nitrogens with one attached hydrogen (secondary N) is 1. The second-order valence-corrected chi connectivity index (χ2v) is 4.04. The van der Waals surface area contributed by atoms with Crippen LogP contribution in [0.3, 0.4) is 0 Å². The van der Waals surface area contributed by atoms with Crippen LogP contribution >= 0.6 is 0 Å². The standard InChI is InChI=1S/C11H15FN2O2/c12-8-6-10(13-7-8)11(16)14-4-1-2-9(14)3-5-15/h6-7,9,13,15H,1-5H2. The van der Waals surface area contributed by atoms with Crippen LogP contribution in [0.2, 0.25) is 0 Å². The maximum Gasteiger partial charge on any atom is 0.270 e. The number of nitrogens with zero attached hydrogens (tertiary/aromatic N) is 1. The lowest BCUT2D eigenvalue weighted by Crippen LogP contribution is -2.36. The summed E-state index contributed by atoms with van der Waals surface area (Å²) in [7, 11) is 0. The zero-order chi connectivity index (χ0) is 11.5. The van der Waals surface area contributed by atoms with E-state index in [1.807, 2.05) is 0 Å². The lowest BCUT2D eigenvalue weighted by molar-refractivity contribution is 0.0711. The largest absolute Gasteiger partial charge is 0.396 e. The summed E-state index contributed by atoms with van der Waals surface area (Å²) in [5.74, 6) is -0.610. The predicted molar refractivity (Wildman–Crippen MR) is 56.5 cm³/mol. The monoisotopic (exact) mass is 226 g/mol. The molecule has 0 saturated carbocycles. The number of rotatable bonds is 3. The summed E-state index contributed by atoms with van der Waals surface area (Å²) in [5.41, 5.74) is 0.280. The number of likely N-dealkylation sites (tertiary alicyclic amines) is 1. The fourth-order valence-electron chi connectivity index (χ4n) is 2.20. The van der Waals surface area contributed by atoms with Gasteiger partial charge in [-0.1, -0.05) is 0 Å². The highest BCUT2D eigenvalue weighted by Crippen LogP contribution is 2.22. The van der Waals surface area contributed by atoms with Crippen molar-refractivity contribution < 1.29 is 14.3 Å². The Morgan fingerprint density at radius 1 is 1.69 bits per heavy atom. The van der Waals surface area contributed by atoms with Gasteiger partial charge in [-0.05, 0) is 19.3 Å². The second kappa shape index (κ2) is 4.65. The molecule has 1 unspecified atom stereocenters. The van der Waals surface area contributed by atoms with E-state index in [0.29, 0.717) is 13.0 Å². The minimum atomic E-state index is -0.429. The number of hydrogen-bond acceptors (Lipinski definition) is 2. The van der Waals surface area contributed by atoms with Crippen molar-refractivity contribution in [1.82, 2.24) is 9.88 Å². The first-order valence-electron chi connectivity index (χ1n) is 5.48. The normalized spacial score (nSPS) is 20.4. The molecule has 0 aromatic carbocycles. The van der Waals surface area contributed by atoms with Gasteiger partial charge < -0.3 is 15.0 Å². The highest BCUT2D eigenvalue weighted by atomic mass is 19.1. The van der Waals surface area contributed by atoms with Gasteiger partial charge >= 0.3 is 0 Å². The molecule has 2 rings (SSSR count). The van der Waals surface area contributed by atoms with Crippen LogP contribution in [-0.2, 0) is 0 Å². The van der Waals surface area contributed by atoms with Gasteiger partial charge in [-0.3, -0.25) is 4.79 Å². The molecule has 1 aliphatic heterocycles. The van der Waals surface area contributed by atoms with Crippen LogP contribution in [0.15, 0.2) is 12.3 Å². The lowest BCUT2D eigenvalue weighted by Gasteiger charge is -2.23. The Kier molecular flexibility index (Phi) is 3.24. The predicted octanol–water partition coefficient (Wildman–Crippen LogP) is 1.14. The molecule has 2 N–H and O–H groups in total. The second-order valence-electron chi connectivity index (χ2n) is 4.04. The van der Waals surface area contributed by atoms with E-state index in [9.17, 15) is 9.18 Å². The molecule has 0 bridgehead atoms. The average Bonchev–Trinajstić information content (AvgIpc) is 2.87. The molecule has 4 nitrogen and oxygen atoms in total. The molecule has 1 amide bonds. The summed E-state index contributed by atoms with van der Waals surface area (Å²) in [6.45, 7) is 0.762. The summed E-state index contributed by atoms with van der Waals surface area (Å²) in [4.78, 5) is 16.3. The SMILES string of the molecule is O=C(c1cc(F)c[nH]1)N1CCCC1CCO. The topological polar surface area (TPSA) is 56.3 Å². The third kappa shape index (κ3) is 2.09. The van der Waals surface area contributed by atoms with E-state index in [0.717, 1.165) is 12.8 Å². The number of halogens is 1. The Hall–Kier alpha value is -1.36. The van der Waals surface area contributed by atoms with Crippen LogP contribution in [0.25, 0.3) is 0 Å². The highest BCUT2D eigenvalue weighted by Gasteiger charge is 2.29. The van der Waals surface area contributed by atoms with Crippen LogP contribution in [0.5, 0.6) is 0 Å². The van der Waals surface area contributed by atoms with Crippen molar-refractivity contribution in [2.75, 3.05) is 13.2 Å². The number of aliphatic hydroxyl groups is 1. The number of aliphatic hydroxyl groups excluding tert-OH is 1. The molecule has 1 aliphatic rings. The first-order valence-corrected chi connectivity index (χ1v) is 5.48. The molecular formula is C11H15FN2O2. The van der Waals surface area contributed by atoms with Gasteiger partial charge in [-0.2, -0.15) is 0 Å². The van der Waals surface area contributed by atoms with E-state index in [2.05, 4.69) is 4.98 Å². The fraction of sp³-hybridized carbons (Fsp3) is 0.545. The van der Waals surface area contributed by atoms with Crippen LogP contribution in [0.4, 0.5) is 4.39 Å². The van der Waals surface area contributed by atoms with Gasteiger partial charge in [0, 0.05) is 31.5 Å². The molecule has 1 fully saturated rings. The van der Waals surface area contributed by atoms with Gasteiger partial charge in [-0.25, -0.2) is 4.39 Å². The van der Waals surface area contributed by atoms with E-state index >= 15 is 0 Å². The minimum Gasteiger partial charge on any atom is -0.396 e. The molecule has 0 aliphatic carbocycles. The summed E-state index contributed by atoms with van der Waals surface area (Å²) in [6.07, 6.45) is 3.62. The van der Waals surface area contributed by atoms with Gasteiger partial charge in [0.2, 0.25) is 0 Å². The Bertz CT molecular complexity index is 378. The lowest BCUT2D eigenvalue weighted by atomic mass is 10.1. The van der Waals surface area contributed by atoms with Crippen molar-refractivity contribution in [1.29, 1.82) is 0 Å². The van der Waals surface area contributed by atoms with Crippen LogP contribution in [-0.4, -0.2) is 40.1 Å². The molecule has 1 aromatic heterocycles. The van der Waals surface area contributed by atoms with E-state index in [1.54, 1.807) is 4.90 Å². The maximum atomic E-state index is 12.8. The Morgan fingerprint density at radius 3 is 3.12 bits per heavy atom. The van der Waals surface area contributed by atoms with Gasteiger partial charge in [0.25, 0.3) is 5.91 Å². The molecule has 0 radical (unpaired) electrons. The third-order valence-electron chi connectivity index (χ3n) is 2.98. The summed E-state index contributed by atoms with van der Waals surface area (Å²) < 4.78 is 12.8. The summed E-state index contributed by atoms with van der Waals surface area (Å²) in [6, 6.07) is 1.29. The van der Waals surface area contributed by atoms with Crippen molar-refractivity contribution in [2.24, 2.45) is 0 Å². The van der Waals surface area contributed by atoms with E-state index in [1.165, 1.54) is 12.3 Å². The Labute approximate surface area is 93.1 Å². The summed E-state index contributed by atoms with van der Waals surface area (Å²) >= 11 is 0. The van der Waals surface area contributed by atoms with Crippen molar-refractivity contribution in [3.05, 3.63) is 23.8 Å². The molecule has 5 heteroatoms. The van der Waals surface area contributed by atoms with Gasteiger partial charge in [0.05, 0.1) is 0 Å². The maximum absolute atomic E-state index is 12.8. The first kappa shape index (κ1) is 11.1. The van der Waals surface area contributed by atoms with Crippen molar-refractivity contribution in [2.45, 2.75) is 25.3 Å².